The van der Waals surface area contributed by atoms with Crippen LogP contribution in [-0.4, -0.2) is 105 Å². The third-order valence-electron chi connectivity index (χ3n) is 5.68. The zero-order chi connectivity index (χ0) is 23.4. The second-order valence-electron chi connectivity index (χ2n) is 8.69. The minimum atomic E-state index is -1.85. The van der Waals surface area contributed by atoms with Crippen molar-refractivity contribution in [1.29, 1.82) is 0 Å². The fourth-order valence-electron chi connectivity index (χ4n) is 3.40. The van der Waals surface area contributed by atoms with E-state index in [9.17, 15) is 30.6 Å². The third-order valence-corrected chi connectivity index (χ3v) is 5.68. The van der Waals surface area contributed by atoms with Crippen LogP contribution in [0.15, 0.2) is 24.3 Å². The maximum Gasteiger partial charge on any atom is 0.187 e. The van der Waals surface area contributed by atoms with Gasteiger partial charge in [0, 0.05) is 0 Å². The lowest BCUT2D eigenvalue weighted by Crippen LogP contribution is -2.61. The average molecular weight is 449 g/mol. The lowest BCUT2D eigenvalue weighted by atomic mass is 9.96. The molecule has 9 atom stereocenters. The van der Waals surface area contributed by atoms with Crippen molar-refractivity contribution in [3.63, 3.8) is 0 Å². The Morgan fingerprint density at radius 3 is 2.39 bits per heavy atom. The van der Waals surface area contributed by atoms with Crippen LogP contribution in [0.1, 0.15) is 33.6 Å². The Labute approximate surface area is 182 Å². The monoisotopic (exact) mass is 448 g/mol. The number of ether oxygens (including phenoxy) is 4. The Morgan fingerprint density at radius 2 is 1.84 bits per heavy atom. The number of rotatable bonds is 10. The van der Waals surface area contributed by atoms with Crippen LogP contribution in [0.25, 0.3) is 0 Å². The smallest absolute Gasteiger partial charge is 0.187 e. The molecule has 0 aromatic carbocycles. The summed E-state index contributed by atoms with van der Waals surface area (Å²) in [6.07, 6.45) is -4.86. The first kappa shape index (κ1) is 26.3. The summed E-state index contributed by atoms with van der Waals surface area (Å²) in [6, 6.07) is 0. The molecular weight excluding hydrogens is 412 g/mol. The van der Waals surface area contributed by atoms with Gasteiger partial charge in [-0.25, -0.2) is 0 Å². The van der Waals surface area contributed by atoms with Crippen LogP contribution in [0.2, 0.25) is 0 Å². The Hall–Kier alpha value is -0.920. The van der Waals surface area contributed by atoms with E-state index in [4.69, 9.17) is 18.9 Å². The molecule has 0 amide bonds. The summed E-state index contributed by atoms with van der Waals surface area (Å²) in [4.78, 5) is 0. The number of hydrogen-bond donors (Lipinski definition) is 6. The summed E-state index contributed by atoms with van der Waals surface area (Å²) in [6.45, 7) is 8.13. The van der Waals surface area contributed by atoms with E-state index in [1.165, 1.54) is 0 Å². The van der Waals surface area contributed by atoms with Crippen LogP contribution in [0.4, 0.5) is 0 Å². The minimum absolute atomic E-state index is 0.333. The highest BCUT2D eigenvalue weighted by atomic mass is 16.7. The predicted octanol–water partition coefficient (Wildman–Crippen LogP) is -1.04. The topological polar surface area (TPSA) is 158 Å². The van der Waals surface area contributed by atoms with Gasteiger partial charge in [-0.1, -0.05) is 17.7 Å². The molecule has 0 aromatic rings. The molecule has 180 valence electrons. The van der Waals surface area contributed by atoms with Crippen LogP contribution in [0, 0.1) is 0 Å². The van der Waals surface area contributed by atoms with Crippen LogP contribution < -0.4 is 0 Å². The van der Waals surface area contributed by atoms with Gasteiger partial charge in [0.2, 0.25) is 0 Å². The third kappa shape index (κ3) is 6.32. The fourth-order valence-corrected chi connectivity index (χ4v) is 3.40. The number of aliphatic hydroxyl groups is 6. The summed E-state index contributed by atoms with van der Waals surface area (Å²) in [5.74, 6) is 0. The molecule has 0 aliphatic carbocycles. The zero-order valence-corrected chi connectivity index (χ0v) is 18.3. The van der Waals surface area contributed by atoms with E-state index in [2.05, 4.69) is 6.58 Å². The molecule has 0 saturated carbocycles. The molecule has 1 unspecified atom stereocenters. The Kier molecular flexibility index (Phi) is 9.17. The van der Waals surface area contributed by atoms with Crippen LogP contribution in [-0.2, 0) is 18.9 Å². The zero-order valence-electron chi connectivity index (χ0n) is 18.3. The van der Waals surface area contributed by atoms with Gasteiger partial charge in [-0.15, -0.1) is 6.58 Å². The molecule has 0 radical (unpaired) electrons. The van der Waals surface area contributed by atoms with Gasteiger partial charge in [0.1, 0.15) is 36.1 Å². The quantitative estimate of drug-likeness (QED) is 0.228. The molecule has 2 aliphatic rings. The number of aliphatic hydroxyl groups excluding tert-OH is 5. The van der Waals surface area contributed by atoms with Crippen molar-refractivity contribution in [3.8, 4) is 0 Å². The molecule has 0 bridgehead atoms. The first-order valence-corrected chi connectivity index (χ1v) is 10.4. The first-order valence-electron chi connectivity index (χ1n) is 10.4. The largest absolute Gasteiger partial charge is 0.393 e. The van der Waals surface area contributed by atoms with Gasteiger partial charge in [0.15, 0.2) is 12.6 Å². The molecule has 2 rings (SSSR count). The van der Waals surface area contributed by atoms with Crippen molar-refractivity contribution in [1.82, 2.24) is 0 Å². The highest BCUT2D eigenvalue weighted by molar-refractivity contribution is 5.01. The normalized spacial score (nSPS) is 40.4. The Bertz CT molecular complexity index is 623. The van der Waals surface area contributed by atoms with E-state index in [-0.39, 0.29) is 13.2 Å². The maximum absolute atomic E-state index is 10.3. The van der Waals surface area contributed by atoms with Crippen molar-refractivity contribution in [2.45, 2.75) is 87.9 Å². The van der Waals surface area contributed by atoms with Gasteiger partial charge in [-0.3, -0.25) is 0 Å². The van der Waals surface area contributed by atoms with Gasteiger partial charge >= 0.3 is 0 Å². The second-order valence-corrected chi connectivity index (χ2v) is 8.69. The van der Waals surface area contributed by atoms with Crippen molar-refractivity contribution < 1.29 is 49.6 Å². The molecule has 6 N–H and O–H groups in total. The van der Waals surface area contributed by atoms with E-state index >= 15 is 0 Å². The van der Waals surface area contributed by atoms with Gasteiger partial charge in [0.05, 0.1) is 25.4 Å². The standard InChI is InChI=1S/C21H36O10/c1-5-20(4,8-6-7-12(2)3)31-18-16(25)15(24)14(23)13(30-18)9-28-19-17(26)21(27,10-22)11-29-19/h5,7,13-19,22-27H,1,6,8-11H2,2-4H3/t13-,14-,15+,16-,17+,18+,19-,20?,21-/m1/s1. The average Bonchev–Trinajstić information content (AvgIpc) is 3.02. The predicted molar refractivity (Wildman–Crippen MR) is 109 cm³/mol. The van der Waals surface area contributed by atoms with E-state index in [0.717, 1.165) is 5.57 Å². The van der Waals surface area contributed by atoms with Crippen LogP contribution in [0.5, 0.6) is 0 Å². The van der Waals surface area contributed by atoms with E-state index < -0.39 is 60.9 Å². The minimum Gasteiger partial charge on any atom is -0.393 e. The molecule has 2 aliphatic heterocycles. The van der Waals surface area contributed by atoms with Gasteiger partial charge in [-0.2, -0.15) is 0 Å². The van der Waals surface area contributed by atoms with Crippen LogP contribution in [0.3, 0.4) is 0 Å². The summed E-state index contributed by atoms with van der Waals surface area (Å²) in [5.41, 5.74) is -1.57. The molecule has 0 spiro atoms. The lowest BCUT2D eigenvalue weighted by molar-refractivity contribution is -0.326. The fraction of sp³-hybridized carbons (Fsp3) is 0.810. The second kappa shape index (κ2) is 10.8. The molecule has 2 heterocycles. The molecule has 10 nitrogen and oxygen atoms in total. The van der Waals surface area contributed by atoms with E-state index in [1.807, 2.05) is 19.9 Å². The van der Waals surface area contributed by atoms with Gasteiger partial charge in [0.25, 0.3) is 0 Å². The molecule has 10 heteroatoms. The number of hydrogen-bond acceptors (Lipinski definition) is 10. The summed E-state index contributed by atoms with van der Waals surface area (Å²) in [7, 11) is 0. The van der Waals surface area contributed by atoms with Crippen molar-refractivity contribution >= 4 is 0 Å². The lowest BCUT2D eigenvalue weighted by Gasteiger charge is -2.43. The highest BCUT2D eigenvalue weighted by Gasteiger charge is 2.50. The van der Waals surface area contributed by atoms with Crippen LogP contribution >= 0.6 is 0 Å². The molecular formula is C21H36O10. The van der Waals surface area contributed by atoms with Gasteiger partial charge in [-0.05, 0) is 33.6 Å². The van der Waals surface area contributed by atoms with Crippen molar-refractivity contribution in [3.05, 3.63) is 24.3 Å². The van der Waals surface area contributed by atoms with Crippen molar-refractivity contribution in [2.75, 3.05) is 19.8 Å². The highest BCUT2D eigenvalue weighted by Crippen LogP contribution is 2.30. The summed E-state index contributed by atoms with van der Waals surface area (Å²) >= 11 is 0. The Morgan fingerprint density at radius 1 is 1.16 bits per heavy atom. The SMILES string of the molecule is C=CC(C)(CCC=C(C)C)O[C@@H]1O[C@H](CO[C@@H]2OC[C@](O)(CO)[C@H]2O)[C@@H](O)[C@H](O)[C@H]1O. The van der Waals surface area contributed by atoms with E-state index in [1.54, 1.807) is 13.0 Å². The molecule has 0 aromatic heterocycles. The first-order chi connectivity index (χ1) is 14.5. The molecule has 2 fully saturated rings. The molecule has 2 saturated heterocycles. The summed E-state index contributed by atoms with van der Waals surface area (Å²) < 4.78 is 22.1. The summed E-state index contributed by atoms with van der Waals surface area (Å²) in [5, 5.41) is 60.2. The van der Waals surface area contributed by atoms with Crippen molar-refractivity contribution in [2.24, 2.45) is 0 Å². The molecule has 31 heavy (non-hydrogen) atoms. The number of allylic oxidation sites excluding steroid dienone is 2. The van der Waals surface area contributed by atoms with E-state index in [0.29, 0.717) is 12.8 Å². The van der Waals surface area contributed by atoms with Gasteiger partial charge < -0.3 is 49.6 Å². The maximum atomic E-state index is 10.3. The Balaban J connectivity index is 2.01.